The summed E-state index contributed by atoms with van der Waals surface area (Å²) in [5, 5.41) is 2.92. The van der Waals surface area contributed by atoms with Crippen LogP contribution < -0.4 is 15.1 Å². The highest BCUT2D eigenvalue weighted by Gasteiger charge is 2.28. The van der Waals surface area contributed by atoms with E-state index < -0.39 is 0 Å². The van der Waals surface area contributed by atoms with Crippen LogP contribution in [0, 0.1) is 5.82 Å². The van der Waals surface area contributed by atoms with Gasteiger partial charge < -0.3 is 15.1 Å². The molecular weight excluding hydrogens is 333 g/mol. The quantitative estimate of drug-likeness (QED) is 0.923. The van der Waals surface area contributed by atoms with Crippen molar-refractivity contribution in [2.75, 3.05) is 29.9 Å². The Kier molecular flexibility index (Phi) is 4.11. The van der Waals surface area contributed by atoms with Crippen LogP contribution in [0.4, 0.5) is 15.8 Å². The van der Waals surface area contributed by atoms with Crippen molar-refractivity contribution in [3.8, 4) is 0 Å². The van der Waals surface area contributed by atoms with Crippen LogP contribution in [0.25, 0.3) is 0 Å². The normalized spacial score (nSPS) is 16.2. The summed E-state index contributed by atoms with van der Waals surface area (Å²) in [6.45, 7) is 1.12. The fourth-order valence-corrected chi connectivity index (χ4v) is 3.18. The van der Waals surface area contributed by atoms with Crippen LogP contribution in [-0.4, -0.2) is 38.0 Å². The fraction of sp³-hybridized carbons (Fsp3) is 0.300. The summed E-state index contributed by atoms with van der Waals surface area (Å²) in [5.74, 6) is -0.771. The first-order valence-corrected chi connectivity index (χ1v) is 8.76. The molecule has 2 aliphatic rings. The molecule has 1 fully saturated rings. The first kappa shape index (κ1) is 16.6. The van der Waals surface area contributed by atoms with Crippen LogP contribution in [0.15, 0.2) is 42.5 Å². The topological polar surface area (TPSA) is 52.7 Å². The molecule has 1 aliphatic heterocycles. The average Bonchev–Trinajstić information content (AvgIpc) is 3.45. The van der Waals surface area contributed by atoms with Gasteiger partial charge in [0.2, 0.25) is 0 Å². The lowest BCUT2D eigenvalue weighted by Gasteiger charge is -2.35. The van der Waals surface area contributed by atoms with Crippen molar-refractivity contribution in [2.45, 2.75) is 18.9 Å². The molecule has 0 bridgehead atoms. The number of amides is 2. The van der Waals surface area contributed by atoms with Crippen LogP contribution in [-0.2, 0) is 0 Å². The third-order valence-corrected chi connectivity index (χ3v) is 4.83. The SMILES string of the molecule is CN1CCN(C(=O)c2cccc(C(=O)NC3CC3)c2)c2cc(F)ccc21. The van der Waals surface area contributed by atoms with Gasteiger partial charge in [-0.1, -0.05) is 6.07 Å². The Balaban J connectivity index is 1.63. The number of fused-ring (bicyclic) bond motifs is 1. The molecular formula is C20H20FN3O2. The summed E-state index contributed by atoms with van der Waals surface area (Å²) in [5.41, 5.74) is 2.26. The molecule has 0 radical (unpaired) electrons. The largest absolute Gasteiger partial charge is 0.371 e. The molecule has 0 spiro atoms. The van der Waals surface area contributed by atoms with E-state index in [0.717, 1.165) is 18.5 Å². The summed E-state index contributed by atoms with van der Waals surface area (Å²) in [4.78, 5) is 28.9. The number of carbonyl (C=O) groups is 2. The minimum Gasteiger partial charge on any atom is -0.371 e. The van der Waals surface area contributed by atoms with E-state index in [-0.39, 0.29) is 23.7 Å². The number of halogens is 1. The number of carbonyl (C=O) groups excluding carboxylic acids is 2. The maximum atomic E-state index is 13.7. The van der Waals surface area contributed by atoms with Gasteiger partial charge in [-0.3, -0.25) is 9.59 Å². The van der Waals surface area contributed by atoms with Gasteiger partial charge in [-0.05, 0) is 49.2 Å². The van der Waals surface area contributed by atoms with Crippen molar-refractivity contribution in [3.63, 3.8) is 0 Å². The minimum absolute atomic E-state index is 0.160. The molecule has 1 saturated carbocycles. The number of hydrogen-bond acceptors (Lipinski definition) is 3. The third kappa shape index (κ3) is 3.14. The smallest absolute Gasteiger partial charge is 0.258 e. The summed E-state index contributed by atoms with van der Waals surface area (Å²) in [6.07, 6.45) is 2.02. The summed E-state index contributed by atoms with van der Waals surface area (Å²) in [6, 6.07) is 11.4. The van der Waals surface area contributed by atoms with Gasteiger partial charge in [-0.25, -0.2) is 4.39 Å². The first-order valence-electron chi connectivity index (χ1n) is 8.76. The molecule has 0 saturated heterocycles. The fourth-order valence-electron chi connectivity index (χ4n) is 3.18. The molecule has 26 heavy (non-hydrogen) atoms. The second-order valence-electron chi connectivity index (χ2n) is 6.84. The molecule has 2 aromatic carbocycles. The number of anilines is 2. The van der Waals surface area contributed by atoms with Gasteiger partial charge in [0.15, 0.2) is 0 Å². The summed E-state index contributed by atoms with van der Waals surface area (Å²) in [7, 11) is 1.92. The second-order valence-corrected chi connectivity index (χ2v) is 6.84. The minimum atomic E-state index is -0.380. The van der Waals surface area contributed by atoms with Crippen LogP contribution in [0.5, 0.6) is 0 Å². The van der Waals surface area contributed by atoms with Gasteiger partial charge in [0.1, 0.15) is 5.82 Å². The van der Waals surface area contributed by atoms with E-state index in [1.54, 1.807) is 35.2 Å². The maximum absolute atomic E-state index is 13.7. The third-order valence-electron chi connectivity index (χ3n) is 4.83. The Bertz CT molecular complexity index is 879. The second kappa shape index (κ2) is 6.44. The zero-order chi connectivity index (χ0) is 18.3. The highest BCUT2D eigenvalue weighted by Crippen LogP contribution is 2.33. The van der Waals surface area contributed by atoms with Crippen LogP contribution in [0.1, 0.15) is 33.6 Å². The lowest BCUT2D eigenvalue weighted by atomic mass is 10.1. The first-order chi connectivity index (χ1) is 12.5. The number of nitrogens with zero attached hydrogens (tertiary/aromatic N) is 2. The van der Waals surface area contributed by atoms with Crippen molar-refractivity contribution in [1.82, 2.24) is 5.32 Å². The van der Waals surface area contributed by atoms with Gasteiger partial charge in [-0.2, -0.15) is 0 Å². The van der Waals surface area contributed by atoms with Gasteiger partial charge in [0.25, 0.3) is 11.8 Å². The average molecular weight is 353 g/mol. The van der Waals surface area contributed by atoms with Crippen LogP contribution in [0.3, 0.4) is 0 Å². The van der Waals surface area contributed by atoms with Crippen molar-refractivity contribution >= 4 is 23.2 Å². The Morgan fingerprint density at radius 2 is 1.81 bits per heavy atom. The monoisotopic (exact) mass is 353 g/mol. The lowest BCUT2D eigenvalue weighted by Crippen LogP contribution is -2.42. The highest BCUT2D eigenvalue weighted by molar-refractivity contribution is 6.09. The molecule has 1 N–H and O–H groups in total. The van der Waals surface area contributed by atoms with Crippen LogP contribution in [0.2, 0.25) is 0 Å². The maximum Gasteiger partial charge on any atom is 0.258 e. The Hall–Kier alpha value is -2.89. The van der Waals surface area contributed by atoms with Gasteiger partial charge in [0.05, 0.1) is 11.4 Å². The predicted octanol–water partition coefficient (Wildman–Crippen LogP) is 2.81. The molecule has 0 aromatic heterocycles. The molecule has 6 heteroatoms. The number of benzene rings is 2. The zero-order valence-corrected chi connectivity index (χ0v) is 14.5. The van der Waals surface area contributed by atoms with E-state index in [1.165, 1.54) is 12.1 Å². The molecule has 5 nitrogen and oxygen atoms in total. The highest BCUT2D eigenvalue weighted by atomic mass is 19.1. The van der Waals surface area contributed by atoms with Gasteiger partial charge >= 0.3 is 0 Å². The Morgan fingerprint density at radius 1 is 1.04 bits per heavy atom. The number of hydrogen-bond donors (Lipinski definition) is 1. The van der Waals surface area contributed by atoms with Gasteiger partial charge in [0, 0.05) is 37.3 Å². The van der Waals surface area contributed by atoms with E-state index in [0.29, 0.717) is 29.9 Å². The number of nitrogens with one attached hydrogen (secondary N) is 1. The van der Waals surface area contributed by atoms with Crippen molar-refractivity contribution in [2.24, 2.45) is 0 Å². The predicted molar refractivity (Wildman–Crippen MR) is 98.3 cm³/mol. The molecule has 134 valence electrons. The molecule has 2 aromatic rings. The lowest BCUT2D eigenvalue weighted by molar-refractivity contribution is 0.0951. The van der Waals surface area contributed by atoms with E-state index >= 15 is 0 Å². The van der Waals surface area contributed by atoms with E-state index in [2.05, 4.69) is 5.32 Å². The number of likely N-dealkylation sites (N-methyl/N-ethyl adjacent to an activating group) is 1. The standard InChI is InChI=1S/C20H20FN3O2/c1-23-9-10-24(18-12-15(21)5-8-17(18)23)20(26)14-4-2-3-13(11-14)19(25)22-16-6-7-16/h2-5,8,11-12,16H,6-7,9-10H2,1H3,(H,22,25). The molecule has 4 rings (SSSR count). The Morgan fingerprint density at radius 3 is 2.58 bits per heavy atom. The molecule has 1 heterocycles. The van der Waals surface area contributed by atoms with E-state index in [9.17, 15) is 14.0 Å². The van der Waals surface area contributed by atoms with Crippen molar-refractivity contribution in [3.05, 3.63) is 59.4 Å². The van der Waals surface area contributed by atoms with E-state index in [4.69, 9.17) is 0 Å². The Labute approximate surface area is 151 Å². The van der Waals surface area contributed by atoms with Crippen molar-refractivity contribution in [1.29, 1.82) is 0 Å². The molecule has 0 unspecified atom stereocenters. The molecule has 0 atom stereocenters. The number of rotatable bonds is 3. The molecule has 2 amide bonds. The summed E-state index contributed by atoms with van der Waals surface area (Å²) < 4.78 is 13.7. The molecule has 1 aliphatic carbocycles. The van der Waals surface area contributed by atoms with Crippen LogP contribution >= 0.6 is 0 Å². The van der Waals surface area contributed by atoms with E-state index in [1.807, 2.05) is 11.9 Å². The van der Waals surface area contributed by atoms with Crippen molar-refractivity contribution < 1.29 is 14.0 Å². The zero-order valence-electron chi connectivity index (χ0n) is 14.5. The van der Waals surface area contributed by atoms with Gasteiger partial charge in [-0.15, -0.1) is 0 Å². The summed E-state index contributed by atoms with van der Waals surface area (Å²) >= 11 is 0.